The number of aromatic nitrogens is 1. The number of hydrogen-bond acceptors (Lipinski definition) is 3. The second-order valence-electron chi connectivity index (χ2n) is 5.82. The van der Waals surface area contributed by atoms with E-state index in [9.17, 15) is 4.79 Å². The van der Waals surface area contributed by atoms with Crippen LogP contribution in [0.5, 0.6) is 0 Å². The summed E-state index contributed by atoms with van der Waals surface area (Å²) in [5.41, 5.74) is 7.10. The molecule has 0 atom stereocenters. The number of nitrogen functional groups attached to an aromatic ring is 1. The van der Waals surface area contributed by atoms with Crippen LogP contribution in [-0.2, 0) is 0 Å². The quantitative estimate of drug-likeness (QED) is 0.730. The standard InChI is InChI=1S/C14H23N3O2/c1-10(2)17-8-11(15)7-12(17)13(19)16-9-14(3-4-14)5-6-18/h7-8,10,18H,3-6,9,15H2,1-2H3,(H,16,19). The van der Waals surface area contributed by atoms with E-state index in [2.05, 4.69) is 5.32 Å². The first-order valence-corrected chi connectivity index (χ1v) is 6.84. The minimum absolute atomic E-state index is 0.0883. The first-order valence-electron chi connectivity index (χ1n) is 6.84. The molecule has 5 nitrogen and oxygen atoms in total. The Morgan fingerprint density at radius 3 is 2.79 bits per heavy atom. The van der Waals surface area contributed by atoms with Crippen molar-refractivity contribution in [2.75, 3.05) is 18.9 Å². The van der Waals surface area contributed by atoms with Gasteiger partial charge in [0.1, 0.15) is 5.69 Å². The van der Waals surface area contributed by atoms with E-state index in [4.69, 9.17) is 10.8 Å². The lowest BCUT2D eigenvalue weighted by molar-refractivity contribution is 0.0930. The number of rotatable bonds is 6. The number of aliphatic hydroxyl groups excluding tert-OH is 1. The van der Waals surface area contributed by atoms with Gasteiger partial charge in [0.05, 0.1) is 5.69 Å². The summed E-state index contributed by atoms with van der Waals surface area (Å²) in [4.78, 5) is 12.2. The fourth-order valence-corrected chi connectivity index (χ4v) is 2.40. The maximum atomic E-state index is 12.2. The molecule has 5 heteroatoms. The van der Waals surface area contributed by atoms with E-state index in [0.717, 1.165) is 19.3 Å². The third kappa shape index (κ3) is 3.10. The van der Waals surface area contributed by atoms with Gasteiger partial charge in [-0.25, -0.2) is 0 Å². The minimum Gasteiger partial charge on any atom is -0.397 e. The highest BCUT2D eigenvalue weighted by atomic mass is 16.3. The predicted molar refractivity (Wildman–Crippen MR) is 74.9 cm³/mol. The van der Waals surface area contributed by atoms with Gasteiger partial charge in [-0.3, -0.25) is 4.79 Å². The number of aliphatic hydroxyl groups is 1. The molecule has 1 aromatic heterocycles. The molecule has 1 amide bonds. The van der Waals surface area contributed by atoms with E-state index in [1.165, 1.54) is 0 Å². The lowest BCUT2D eigenvalue weighted by Crippen LogP contribution is -2.32. The summed E-state index contributed by atoms with van der Waals surface area (Å²) < 4.78 is 1.89. The number of hydrogen-bond donors (Lipinski definition) is 3. The van der Waals surface area contributed by atoms with E-state index < -0.39 is 0 Å². The molecule has 19 heavy (non-hydrogen) atoms. The molecule has 0 radical (unpaired) electrons. The number of anilines is 1. The minimum atomic E-state index is -0.0883. The van der Waals surface area contributed by atoms with Crippen molar-refractivity contribution in [3.8, 4) is 0 Å². The fourth-order valence-electron chi connectivity index (χ4n) is 2.40. The van der Waals surface area contributed by atoms with Crippen molar-refractivity contribution in [2.24, 2.45) is 5.41 Å². The first-order chi connectivity index (χ1) is 8.97. The molecule has 0 bridgehead atoms. The Labute approximate surface area is 113 Å². The lowest BCUT2D eigenvalue weighted by atomic mass is 10.0. The van der Waals surface area contributed by atoms with Crippen LogP contribution in [0, 0.1) is 5.41 Å². The smallest absolute Gasteiger partial charge is 0.268 e. The van der Waals surface area contributed by atoms with Crippen molar-refractivity contribution in [3.63, 3.8) is 0 Å². The molecule has 0 unspecified atom stereocenters. The van der Waals surface area contributed by atoms with Crippen LogP contribution in [0.15, 0.2) is 12.3 Å². The Bertz CT molecular complexity index is 461. The Kier molecular flexibility index (Phi) is 3.85. The van der Waals surface area contributed by atoms with Crippen LogP contribution in [0.2, 0.25) is 0 Å². The van der Waals surface area contributed by atoms with Crippen LogP contribution >= 0.6 is 0 Å². The Morgan fingerprint density at radius 2 is 2.26 bits per heavy atom. The zero-order valence-corrected chi connectivity index (χ0v) is 11.6. The van der Waals surface area contributed by atoms with Gasteiger partial charge >= 0.3 is 0 Å². The van der Waals surface area contributed by atoms with Gasteiger partial charge in [-0.15, -0.1) is 0 Å². The molecular formula is C14H23N3O2. The maximum absolute atomic E-state index is 12.2. The molecule has 0 saturated heterocycles. The highest BCUT2D eigenvalue weighted by molar-refractivity contribution is 5.93. The fraction of sp³-hybridized carbons (Fsp3) is 0.643. The molecule has 1 aromatic rings. The van der Waals surface area contributed by atoms with Crippen molar-refractivity contribution in [1.82, 2.24) is 9.88 Å². The summed E-state index contributed by atoms with van der Waals surface area (Å²) in [5.74, 6) is -0.0883. The molecule has 1 fully saturated rings. The van der Waals surface area contributed by atoms with E-state index in [1.807, 2.05) is 18.4 Å². The van der Waals surface area contributed by atoms with Crippen LogP contribution in [0.25, 0.3) is 0 Å². The molecular weight excluding hydrogens is 242 g/mol. The summed E-state index contributed by atoms with van der Waals surface area (Å²) >= 11 is 0. The van der Waals surface area contributed by atoms with Gasteiger partial charge in [0.15, 0.2) is 0 Å². The Morgan fingerprint density at radius 1 is 1.58 bits per heavy atom. The van der Waals surface area contributed by atoms with E-state index >= 15 is 0 Å². The van der Waals surface area contributed by atoms with Crippen molar-refractivity contribution < 1.29 is 9.90 Å². The van der Waals surface area contributed by atoms with Gasteiger partial charge in [0, 0.05) is 25.4 Å². The number of amides is 1. The molecule has 2 rings (SSSR count). The summed E-state index contributed by atoms with van der Waals surface area (Å²) in [5, 5.41) is 12.0. The highest BCUT2D eigenvalue weighted by Crippen LogP contribution is 2.47. The van der Waals surface area contributed by atoms with Crippen LogP contribution in [0.4, 0.5) is 5.69 Å². The van der Waals surface area contributed by atoms with Crippen molar-refractivity contribution in [2.45, 2.75) is 39.2 Å². The average molecular weight is 265 g/mol. The number of carbonyl (C=O) groups excluding carboxylic acids is 1. The average Bonchev–Trinajstić information content (AvgIpc) is 3.00. The molecule has 4 N–H and O–H groups in total. The van der Waals surface area contributed by atoms with E-state index in [0.29, 0.717) is 17.9 Å². The molecule has 1 aliphatic rings. The lowest BCUT2D eigenvalue weighted by Gasteiger charge is -2.16. The molecule has 106 valence electrons. The third-order valence-corrected chi connectivity index (χ3v) is 3.88. The zero-order chi connectivity index (χ0) is 14.0. The van der Waals surface area contributed by atoms with Gasteiger partial charge in [0.25, 0.3) is 5.91 Å². The van der Waals surface area contributed by atoms with Crippen LogP contribution in [0.1, 0.15) is 49.6 Å². The van der Waals surface area contributed by atoms with Gasteiger partial charge in [-0.05, 0) is 44.6 Å². The number of nitrogens with zero attached hydrogens (tertiary/aromatic N) is 1. The number of nitrogens with two attached hydrogens (primary N) is 1. The van der Waals surface area contributed by atoms with Crippen molar-refractivity contribution in [3.05, 3.63) is 18.0 Å². The van der Waals surface area contributed by atoms with Gasteiger partial charge < -0.3 is 20.7 Å². The molecule has 0 aromatic carbocycles. The first kappa shape index (κ1) is 13.9. The SMILES string of the molecule is CC(C)n1cc(N)cc1C(=O)NCC1(CCO)CC1. The Balaban J connectivity index is 2.00. The highest BCUT2D eigenvalue weighted by Gasteiger charge is 2.42. The molecule has 1 heterocycles. The van der Waals surface area contributed by atoms with E-state index in [-0.39, 0.29) is 24.0 Å². The summed E-state index contributed by atoms with van der Waals surface area (Å²) in [6.45, 7) is 4.86. The topological polar surface area (TPSA) is 80.3 Å². The predicted octanol–water partition coefficient (Wildman–Crippen LogP) is 1.54. The molecule has 1 saturated carbocycles. The van der Waals surface area contributed by atoms with Crippen LogP contribution < -0.4 is 11.1 Å². The largest absolute Gasteiger partial charge is 0.397 e. The normalized spacial score (nSPS) is 16.6. The van der Waals surface area contributed by atoms with Crippen molar-refractivity contribution in [1.29, 1.82) is 0 Å². The number of carbonyl (C=O) groups is 1. The second-order valence-corrected chi connectivity index (χ2v) is 5.82. The van der Waals surface area contributed by atoms with Gasteiger partial charge in [-0.1, -0.05) is 0 Å². The van der Waals surface area contributed by atoms with Gasteiger partial charge in [0.2, 0.25) is 0 Å². The Hall–Kier alpha value is -1.49. The molecule has 0 aliphatic heterocycles. The second kappa shape index (κ2) is 5.25. The monoisotopic (exact) mass is 265 g/mol. The third-order valence-electron chi connectivity index (χ3n) is 3.88. The van der Waals surface area contributed by atoms with Crippen LogP contribution in [-0.4, -0.2) is 28.7 Å². The van der Waals surface area contributed by atoms with E-state index in [1.54, 1.807) is 12.3 Å². The van der Waals surface area contributed by atoms with Crippen molar-refractivity contribution >= 4 is 11.6 Å². The van der Waals surface area contributed by atoms with Gasteiger partial charge in [-0.2, -0.15) is 0 Å². The molecule has 1 aliphatic carbocycles. The summed E-state index contributed by atoms with van der Waals surface area (Å²) in [6.07, 6.45) is 4.73. The summed E-state index contributed by atoms with van der Waals surface area (Å²) in [7, 11) is 0. The zero-order valence-electron chi connectivity index (χ0n) is 11.6. The van der Waals surface area contributed by atoms with Crippen LogP contribution in [0.3, 0.4) is 0 Å². The number of nitrogens with one attached hydrogen (secondary N) is 1. The molecule has 0 spiro atoms. The summed E-state index contributed by atoms with van der Waals surface area (Å²) in [6, 6.07) is 1.91. The maximum Gasteiger partial charge on any atom is 0.268 e.